The van der Waals surface area contributed by atoms with E-state index in [2.05, 4.69) is 0 Å². The van der Waals surface area contributed by atoms with Crippen LogP contribution in [0, 0.1) is 0 Å². The number of aromatic hydroxyl groups is 1. The van der Waals surface area contributed by atoms with E-state index in [1.54, 1.807) is 18.2 Å². The Kier molecular flexibility index (Phi) is 4.47. The molecule has 0 saturated heterocycles. The summed E-state index contributed by atoms with van der Waals surface area (Å²) in [6, 6.07) is 6.68. The highest BCUT2D eigenvalue weighted by Crippen LogP contribution is 2.16. The molecule has 0 amide bonds. The van der Waals surface area contributed by atoms with Crippen LogP contribution in [0.15, 0.2) is 24.3 Å². The molecule has 1 N–H and O–H groups in total. The van der Waals surface area contributed by atoms with E-state index in [1.165, 1.54) is 6.07 Å². The molecule has 0 aliphatic rings. The van der Waals surface area contributed by atoms with Crippen molar-refractivity contribution in [3.05, 3.63) is 29.8 Å². The van der Waals surface area contributed by atoms with Gasteiger partial charge in [-0.05, 0) is 12.5 Å². The number of hydrogen-bond donors (Lipinski definition) is 1. The van der Waals surface area contributed by atoms with Gasteiger partial charge in [0.2, 0.25) is 0 Å². The van der Waals surface area contributed by atoms with Crippen LogP contribution in [0.2, 0.25) is 0 Å². The Morgan fingerprint density at radius 3 is 2.73 bits per heavy atom. The fourth-order valence-electron chi connectivity index (χ4n) is 0.997. The van der Waals surface area contributed by atoms with Crippen molar-refractivity contribution in [3.63, 3.8) is 0 Å². The number of carbonyl (C=O) groups excluding carboxylic acids is 1. The summed E-state index contributed by atoms with van der Waals surface area (Å²) < 4.78 is 9.50. The Labute approximate surface area is 88.4 Å². The number of para-hydroxylation sites is 1. The summed E-state index contributed by atoms with van der Waals surface area (Å²) in [5.74, 6) is 0.112. The topological polar surface area (TPSA) is 55.8 Å². The maximum atomic E-state index is 11.0. The summed E-state index contributed by atoms with van der Waals surface area (Å²) in [7, 11) is 0. The molecule has 4 heteroatoms. The molecule has 0 aliphatic carbocycles. The second-order valence-corrected chi connectivity index (χ2v) is 3.02. The third-order valence-corrected chi connectivity index (χ3v) is 1.76. The largest absolute Gasteiger partial charge is 0.508 e. The molecule has 1 rings (SSSR count). The molecule has 0 spiro atoms. The summed E-state index contributed by atoms with van der Waals surface area (Å²) in [6.45, 7) is 2.27. The standard InChI is InChI=1S/C11H14O4/c1-2-7-14-11(13)15-8-9-5-3-4-6-10(9)12/h3-6,12H,2,7-8H2,1H3. The van der Waals surface area contributed by atoms with E-state index in [9.17, 15) is 9.90 Å². The molecule has 0 atom stereocenters. The van der Waals surface area contributed by atoms with E-state index in [0.29, 0.717) is 12.2 Å². The van der Waals surface area contributed by atoms with Crippen LogP contribution in [0.25, 0.3) is 0 Å². The van der Waals surface area contributed by atoms with Gasteiger partial charge in [0, 0.05) is 5.56 Å². The zero-order valence-corrected chi connectivity index (χ0v) is 8.60. The second kappa shape index (κ2) is 5.90. The highest BCUT2D eigenvalue weighted by molar-refractivity contribution is 5.60. The predicted octanol–water partition coefficient (Wildman–Crippen LogP) is 2.46. The monoisotopic (exact) mass is 210 g/mol. The lowest BCUT2D eigenvalue weighted by Crippen LogP contribution is -2.07. The first kappa shape index (κ1) is 11.4. The first-order chi connectivity index (χ1) is 7.24. The molecule has 0 bridgehead atoms. The van der Waals surface area contributed by atoms with Crippen LogP contribution in [0.4, 0.5) is 4.79 Å². The number of hydrogen-bond acceptors (Lipinski definition) is 4. The van der Waals surface area contributed by atoms with Gasteiger partial charge in [0.15, 0.2) is 0 Å². The van der Waals surface area contributed by atoms with E-state index >= 15 is 0 Å². The molecule has 1 aromatic carbocycles. The number of benzene rings is 1. The van der Waals surface area contributed by atoms with E-state index in [0.717, 1.165) is 6.42 Å². The van der Waals surface area contributed by atoms with Gasteiger partial charge in [-0.1, -0.05) is 25.1 Å². The fourth-order valence-corrected chi connectivity index (χ4v) is 0.997. The molecule has 0 fully saturated rings. The SMILES string of the molecule is CCCOC(=O)OCc1ccccc1O. The molecule has 4 nitrogen and oxygen atoms in total. The average molecular weight is 210 g/mol. The molecular weight excluding hydrogens is 196 g/mol. The second-order valence-electron chi connectivity index (χ2n) is 3.02. The zero-order valence-electron chi connectivity index (χ0n) is 8.60. The van der Waals surface area contributed by atoms with Crippen molar-refractivity contribution in [3.8, 4) is 5.75 Å². The van der Waals surface area contributed by atoms with Crippen LogP contribution in [0.3, 0.4) is 0 Å². The summed E-state index contributed by atoms with van der Waals surface area (Å²) in [4.78, 5) is 11.0. The lowest BCUT2D eigenvalue weighted by molar-refractivity contribution is 0.0496. The number of rotatable bonds is 4. The Hall–Kier alpha value is -1.71. The summed E-state index contributed by atoms with van der Waals surface area (Å²) in [5, 5.41) is 9.37. The minimum absolute atomic E-state index is 0.0230. The van der Waals surface area contributed by atoms with Crippen LogP contribution >= 0.6 is 0 Å². The van der Waals surface area contributed by atoms with Crippen molar-refractivity contribution in [2.75, 3.05) is 6.61 Å². The Morgan fingerprint density at radius 2 is 2.07 bits per heavy atom. The highest BCUT2D eigenvalue weighted by atomic mass is 16.7. The molecule has 0 radical (unpaired) electrons. The summed E-state index contributed by atoms with van der Waals surface area (Å²) in [6.07, 6.45) is 0.0474. The van der Waals surface area contributed by atoms with Gasteiger partial charge in [0.05, 0.1) is 6.61 Å². The molecule has 0 heterocycles. The molecule has 15 heavy (non-hydrogen) atoms. The van der Waals surface area contributed by atoms with E-state index in [1.807, 2.05) is 6.92 Å². The maximum absolute atomic E-state index is 11.0. The van der Waals surface area contributed by atoms with Gasteiger partial charge in [-0.3, -0.25) is 0 Å². The van der Waals surface area contributed by atoms with Crippen molar-refractivity contribution in [2.45, 2.75) is 20.0 Å². The van der Waals surface area contributed by atoms with Crippen LogP contribution in [0.1, 0.15) is 18.9 Å². The van der Waals surface area contributed by atoms with Gasteiger partial charge < -0.3 is 14.6 Å². The summed E-state index contributed by atoms with van der Waals surface area (Å²) in [5.41, 5.74) is 0.561. The van der Waals surface area contributed by atoms with Gasteiger partial charge in [-0.15, -0.1) is 0 Å². The van der Waals surface area contributed by atoms with Crippen molar-refractivity contribution >= 4 is 6.16 Å². The molecule has 0 aromatic heterocycles. The Bertz CT molecular complexity index is 322. The zero-order chi connectivity index (χ0) is 11.1. The smallest absolute Gasteiger partial charge is 0.508 e. The number of ether oxygens (including phenoxy) is 2. The molecular formula is C11H14O4. The number of carbonyl (C=O) groups is 1. The predicted molar refractivity (Wildman–Crippen MR) is 54.5 cm³/mol. The van der Waals surface area contributed by atoms with Gasteiger partial charge in [0.25, 0.3) is 0 Å². The van der Waals surface area contributed by atoms with Gasteiger partial charge >= 0.3 is 6.16 Å². The van der Waals surface area contributed by atoms with Crippen LogP contribution < -0.4 is 0 Å². The first-order valence-electron chi connectivity index (χ1n) is 4.80. The minimum atomic E-state index is -0.708. The van der Waals surface area contributed by atoms with Crippen molar-refractivity contribution in [1.29, 1.82) is 0 Å². The van der Waals surface area contributed by atoms with E-state index in [4.69, 9.17) is 9.47 Å². The number of phenolic OH excluding ortho intramolecular Hbond substituents is 1. The van der Waals surface area contributed by atoms with Crippen molar-refractivity contribution < 1.29 is 19.4 Å². The first-order valence-corrected chi connectivity index (χ1v) is 4.80. The highest BCUT2D eigenvalue weighted by Gasteiger charge is 2.05. The Balaban J connectivity index is 2.37. The van der Waals surface area contributed by atoms with Crippen LogP contribution in [-0.2, 0) is 16.1 Å². The van der Waals surface area contributed by atoms with Crippen molar-refractivity contribution in [1.82, 2.24) is 0 Å². The van der Waals surface area contributed by atoms with Crippen LogP contribution in [-0.4, -0.2) is 17.9 Å². The normalized spacial score (nSPS) is 9.67. The molecule has 0 saturated carbocycles. The molecule has 82 valence electrons. The van der Waals surface area contributed by atoms with Gasteiger partial charge in [-0.25, -0.2) is 4.79 Å². The summed E-state index contributed by atoms with van der Waals surface area (Å²) >= 11 is 0. The average Bonchev–Trinajstić information content (AvgIpc) is 2.25. The van der Waals surface area contributed by atoms with E-state index in [-0.39, 0.29) is 12.4 Å². The molecule has 0 aliphatic heterocycles. The quantitative estimate of drug-likeness (QED) is 0.775. The third-order valence-electron chi connectivity index (χ3n) is 1.76. The fraction of sp³-hybridized carbons (Fsp3) is 0.364. The van der Waals surface area contributed by atoms with E-state index < -0.39 is 6.16 Å². The number of phenols is 1. The molecule has 0 unspecified atom stereocenters. The minimum Gasteiger partial charge on any atom is -0.508 e. The lowest BCUT2D eigenvalue weighted by atomic mass is 10.2. The van der Waals surface area contributed by atoms with Gasteiger partial charge in [0.1, 0.15) is 12.4 Å². The van der Waals surface area contributed by atoms with Crippen LogP contribution in [0.5, 0.6) is 5.75 Å². The Morgan fingerprint density at radius 1 is 1.33 bits per heavy atom. The van der Waals surface area contributed by atoms with Gasteiger partial charge in [-0.2, -0.15) is 0 Å². The molecule has 1 aromatic rings. The lowest BCUT2D eigenvalue weighted by Gasteiger charge is -2.06. The maximum Gasteiger partial charge on any atom is 0.508 e. The van der Waals surface area contributed by atoms with Crippen molar-refractivity contribution in [2.24, 2.45) is 0 Å². The third kappa shape index (κ3) is 3.89.